The van der Waals surface area contributed by atoms with E-state index in [9.17, 15) is 14.4 Å². The van der Waals surface area contributed by atoms with Crippen LogP contribution < -0.4 is 19.5 Å². The standard InChI is InChI=1S/C20H20N2O8/c1-26-15-8-11(9-16(27-2)17(15)28-3)7-13-18(23)22(20(25)21-13)10-12-5-6-14(30-12)19(24)29-4/h5-9H,10H2,1-4H3,(H,21,25)/b13-7-. The molecule has 10 nitrogen and oxygen atoms in total. The number of esters is 1. The van der Waals surface area contributed by atoms with E-state index >= 15 is 0 Å². The van der Waals surface area contributed by atoms with Gasteiger partial charge in [0.25, 0.3) is 5.91 Å². The Balaban J connectivity index is 1.84. The molecule has 1 aliphatic rings. The second-order valence-corrected chi connectivity index (χ2v) is 6.10. The first kappa shape index (κ1) is 20.8. The molecule has 1 aromatic heterocycles. The summed E-state index contributed by atoms with van der Waals surface area (Å²) in [5, 5.41) is 2.52. The Morgan fingerprint density at radius 1 is 1.07 bits per heavy atom. The number of imide groups is 1. The Morgan fingerprint density at radius 3 is 2.30 bits per heavy atom. The maximum Gasteiger partial charge on any atom is 0.373 e. The van der Waals surface area contributed by atoms with Crippen LogP contribution in [0.25, 0.3) is 6.08 Å². The summed E-state index contributed by atoms with van der Waals surface area (Å²) in [6.45, 7) is -0.145. The van der Waals surface area contributed by atoms with Crippen LogP contribution >= 0.6 is 0 Å². The number of furan rings is 1. The van der Waals surface area contributed by atoms with Crippen LogP contribution in [0.4, 0.5) is 4.79 Å². The first-order valence-corrected chi connectivity index (χ1v) is 8.73. The van der Waals surface area contributed by atoms with Crippen molar-refractivity contribution in [2.75, 3.05) is 28.4 Å². The molecule has 2 aromatic rings. The number of nitrogens with zero attached hydrogens (tertiary/aromatic N) is 1. The van der Waals surface area contributed by atoms with Gasteiger partial charge in [0.1, 0.15) is 11.5 Å². The van der Waals surface area contributed by atoms with Gasteiger partial charge < -0.3 is 28.7 Å². The van der Waals surface area contributed by atoms with E-state index in [0.717, 1.165) is 4.90 Å². The molecule has 0 saturated carbocycles. The van der Waals surface area contributed by atoms with Crippen LogP contribution in [-0.4, -0.2) is 51.2 Å². The number of ether oxygens (including phenoxy) is 4. The summed E-state index contributed by atoms with van der Waals surface area (Å²) in [6.07, 6.45) is 1.49. The molecule has 0 radical (unpaired) electrons. The fourth-order valence-electron chi connectivity index (χ4n) is 2.90. The number of hydrogen-bond acceptors (Lipinski definition) is 8. The molecule has 0 atom stereocenters. The quantitative estimate of drug-likeness (QED) is 0.415. The number of carbonyl (C=O) groups excluding carboxylic acids is 3. The lowest BCUT2D eigenvalue weighted by Gasteiger charge is -2.13. The number of benzene rings is 1. The molecule has 3 amide bonds. The molecule has 10 heteroatoms. The van der Waals surface area contributed by atoms with Gasteiger partial charge in [0.15, 0.2) is 11.5 Å². The van der Waals surface area contributed by atoms with E-state index in [2.05, 4.69) is 10.1 Å². The first-order chi connectivity index (χ1) is 14.4. The predicted octanol–water partition coefficient (Wildman–Crippen LogP) is 2.18. The summed E-state index contributed by atoms with van der Waals surface area (Å²) in [5.74, 6) is 0.253. The zero-order chi connectivity index (χ0) is 21.8. The summed E-state index contributed by atoms with van der Waals surface area (Å²) >= 11 is 0. The van der Waals surface area contributed by atoms with E-state index in [1.165, 1.54) is 46.6 Å². The Labute approximate surface area is 171 Å². The van der Waals surface area contributed by atoms with Crippen LogP contribution in [0.1, 0.15) is 21.9 Å². The number of hydrogen-bond donors (Lipinski definition) is 1. The highest BCUT2D eigenvalue weighted by molar-refractivity contribution is 6.13. The summed E-state index contributed by atoms with van der Waals surface area (Å²) in [4.78, 5) is 37.4. The number of urea groups is 1. The van der Waals surface area contributed by atoms with Crippen molar-refractivity contribution < 1.29 is 37.7 Å². The second-order valence-electron chi connectivity index (χ2n) is 6.10. The zero-order valence-electron chi connectivity index (χ0n) is 16.8. The van der Waals surface area contributed by atoms with E-state index in [-0.39, 0.29) is 23.8 Å². The van der Waals surface area contributed by atoms with Gasteiger partial charge in [-0.05, 0) is 35.9 Å². The highest BCUT2D eigenvalue weighted by atomic mass is 16.5. The average Bonchev–Trinajstić information content (AvgIpc) is 3.32. The van der Waals surface area contributed by atoms with Gasteiger partial charge in [0.05, 0.1) is 35.0 Å². The molecule has 0 aliphatic carbocycles. The third kappa shape index (κ3) is 3.93. The average molecular weight is 416 g/mol. The molecular weight excluding hydrogens is 396 g/mol. The van der Waals surface area contributed by atoms with E-state index in [1.54, 1.807) is 12.1 Å². The molecule has 0 spiro atoms. The van der Waals surface area contributed by atoms with Gasteiger partial charge in [-0.1, -0.05) is 0 Å². The van der Waals surface area contributed by atoms with Crippen molar-refractivity contribution in [3.05, 3.63) is 47.0 Å². The molecule has 1 aromatic carbocycles. The van der Waals surface area contributed by atoms with Crippen LogP contribution in [0.5, 0.6) is 17.2 Å². The lowest BCUT2D eigenvalue weighted by molar-refractivity contribution is -0.123. The van der Waals surface area contributed by atoms with Gasteiger partial charge in [-0.2, -0.15) is 0 Å². The normalized spacial score (nSPS) is 14.7. The highest BCUT2D eigenvalue weighted by Gasteiger charge is 2.34. The van der Waals surface area contributed by atoms with Crippen LogP contribution in [-0.2, 0) is 16.1 Å². The van der Waals surface area contributed by atoms with Gasteiger partial charge in [0.2, 0.25) is 11.5 Å². The van der Waals surface area contributed by atoms with E-state index < -0.39 is 17.9 Å². The maximum absolute atomic E-state index is 12.7. The molecule has 1 aliphatic heterocycles. The highest BCUT2D eigenvalue weighted by Crippen LogP contribution is 2.38. The summed E-state index contributed by atoms with van der Waals surface area (Å²) in [7, 11) is 5.66. The number of carbonyl (C=O) groups is 3. The Morgan fingerprint density at radius 2 is 1.73 bits per heavy atom. The minimum absolute atomic E-state index is 0.0206. The van der Waals surface area contributed by atoms with Crippen molar-refractivity contribution in [2.24, 2.45) is 0 Å². The monoisotopic (exact) mass is 416 g/mol. The second kappa shape index (κ2) is 8.60. The van der Waals surface area contributed by atoms with Gasteiger partial charge in [-0.25, -0.2) is 9.59 Å². The zero-order valence-corrected chi connectivity index (χ0v) is 16.8. The molecule has 2 heterocycles. The fourth-order valence-corrected chi connectivity index (χ4v) is 2.90. The molecule has 158 valence electrons. The first-order valence-electron chi connectivity index (χ1n) is 8.73. The third-order valence-electron chi connectivity index (χ3n) is 4.32. The Kier molecular flexibility index (Phi) is 5.95. The van der Waals surface area contributed by atoms with E-state index in [1.807, 2.05) is 0 Å². The number of methoxy groups -OCH3 is 4. The van der Waals surface area contributed by atoms with Crippen molar-refractivity contribution >= 4 is 24.0 Å². The molecule has 1 N–H and O–H groups in total. The van der Waals surface area contributed by atoms with Crippen molar-refractivity contribution in [1.82, 2.24) is 10.2 Å². The number of nitrogens with one attached hydrogen (secondary N) is 1. The molecule has 3 rings (SSSR count). The van der Waals surface area contributed by atoms with Gasteiger partial charge in [0, 0.05) is 0 Å². The van der Waals surface area contributed by atoms with Crippen molar-refractivity contribution in [3.8, 4) is 17.2 Å². The van der Waals surface area contributed by atoms with Crippen molar-refractivity contribution in [3.63, 3.8) is 0 Å². The van der Waals surface area contributed by atoms with Crippen LogP contribution in [0.2, 0.25) is 0 Å². The smallest absolute Gasteiger partial charge is 0.373 e. The molecule has 30 heavy (non-hydrogen) atoms. The number of amides is 3. The van der Waals surface area contributed by atoms with Gasteiger partial charge in [-0.3, -0.25) is 9.69 Å². The van der Waals surface area contributed by atoms with E-state index in [0.29, 0.717) is 22.8 Å². The SMILES string of the molecule is COC(=O)c1ccc(CN2C(=O)N/C(=C\c3cc(OC)c(OC)c(OC)c3)C2=O)o1. The molecular formula is C20H20N2O8. The Hall–Kier alpha value is -3.95. The van der Waals surface area contributed by atoms with Gasteiger partial charge in [-0.15, -0.1) is 0 Å². The fraction of sp³-hybridized carbons (Fsp3) is 0.250. The lowest BCUT2D eigenvalue weighted by Crippen LogP contribution is -2.30. The molecule has 1 saturated heterocycles. The van der Waals surface area contributed by atoms with Crippen LogP contribution in [0.3, 0.4) is 0 Å². The van der Waals surface area contributed by atoms with Crippen LogP contribution in [0, 0.1) is 0 Å². The van der Waals surface area contributed by atoms with Gasteiger partial charge >= 0.3 is 12.0 Å². The minimum Gasteiger partial charge on any atom is -0.493 e. The largest absolute Gasteiger partial charge is 0.493 e. The summed E-state index contributed by atoms with van der Waals surface area (Å²) in [5.41, 5.74) is 0.620. The molecule has 0 unspecified atom stereocenters. The Bertz CT molecular complexity index is 999. The predicted molar refractivity (Wildman–Crippen MR) is 103 cm³/mol. The van der Waals surface area contributed by atoms with Crippen molar-refractivity contribution in [2.45, 2.75) is 6.54 Å². The molecule has 0 bridgehead atoms. The van der Waals surface area contributed by atoms with E-state index in [4.69, 9.17) is 18.6 Å². The summed E-state index contributed by atoms with van der Waals surface area (Å²) < 4.78 is 25.8. The lowest BCUT2D eigenvalue weighted by atomic mass is 10.1. The molecule has 1 fully saturated rings. The number of rotatable bonds is 7. The topological polar surface area (TPSA) is 117 Å². The summed E-state index contributed by atoms with van der Waals surface area (Å²) in [6, 6.07) is 5.58. The maximum atomic E-state index is 12.7. The third-order valence-corrected chi connectivity index (χ3v) is 4.32. The van der Waals surface area contributed by atoms with Crippen molar-refractivity contribution in [1.29, 1.82) is 0 Å². The minimum atomic E-state index is -0.651. The van der Waals surface area contributed by atoms with Crippen LogP contribution in [0.15, 0.2) is 34.4 Å².